The summed E-state index contributed by atoms with van der Waals surface area (Å²) >= 11 is 0. The van der Waals surface area contributed by atoms with Crippen LogP contribution in [0.2, 0.25) is 0 Å². The van der Waals surface area contributed by atoms with Crippen LogP contribution in [0, 0.1) is 24.4 Å². The van der Waals surface area contributed by atoms with Gasteiger partial charge in [-0.1, -0.05) is 6.07 Å². The van der Waals surface area contributed by atoms with Crippen molar-refractivity contribution in [3.05, 3.63) is 53.3 Å². The zero-order valence-corrected chi connectivity index (χ0v) is 11.6. The molecule has 21 heavy (non-hydrogen) atoms. The highest BCUT2D eigenvalue weighted by atomic mass is 32.2. The van der Waals surface area contributed by atoms with E-state index in [-0.39, 0.29) is 11.4 Å². The van der Waals surface area contributed by atoms with E-state index in [0.29, 0.717) is 17.7 Å². The molecule has 0 aliphatic heterocycles. The molecule has 0 aliphatic rings. The minimum atomic E-state index is -4.55. The second-order valence-corrected chi connectivity index (χ2v) is 6.00. The number of sulfonamides is 1. The average Bonchev–Trinajstić information content (AvgIpc) is 2.31. The summed E-state index contributed by atoms with van der Waals surface area (Å²) < 4.78 is 66.6. The Kier molecular flexibility index (Phi) is 3.82. The number of benzene rings is 2. The number of nitrogens with one attached hydrogen (secondary N) is 1. The number of rotatable bonds is 3. The van der Waals surface area contributed by atoms with Gasteiger partial charge in [-0.2, -0.15) is 0 Å². The van der Waals surface area contributed by atoms with Crippen molar-refractivity contribution in [1.82, 2.24) is 0 Å². The van der Waals surface area contributed by atoms with Crippen LogP contribution in [-0.4, -0.2) is 8.42 Å². The van der Waals surface area contributed by atoms with Crippen LogP contribution >= 0.6 is 0 Å². The van der Waals surface area contributed by atoms with Gasteiger partial charge in [0.15, 0.2) is 4.90 Å². The molecule has 4 nitrogen and oxygen atoms in total. The van der Waals surface area contributed by atoms with E-state index in [0.717, 1.165) is 12.1 Å². The number of hydrogen-bond acceptors (Lipinski definition) is 3. The second kappa shape index (κ2) is 5.28. The summed E-state index contributed by atoms with van der Waals surface area (Å²) in [6.45, 7) is 1.52. The third kappa shape index (κ3) is 3.10. The Hall–Kier alpha value is -2.22. The predicted molar refractivity (Wildman–Crippen MR) is 72.7 cm³/mol. The molecule has 0 fully saturated rings. The van der Waals surface area contributed by atoms with Gasteiger partial charge in [0.05, 0.1) is 5.69 Å². The first kappa shape index (κ1) is 15.2. The SMILES string of the molecule is Cc1ccc(F)cc1NS(=O)(=O)c1c(F)cc(N)cc1F. The van der Waals surface area contributed by atoms with Crippen LogP contribution in [0.25, 0.3) is 0 Å². The zero-order valence-electron chi connectivity index (χ0n) is 10.8. The molecule has 0 spiro atoms. The normalized spacial score (nSPS) is 11.4. The molecular formula is C13H11F3N2O2S. The van der Waals surface area contributed by atoms with E-state index < -0.39 is 32.4 Å². The Labute approximate surface area is 119 Å². The number of nitrogen functional groups attached to an aromatic ring is 1. The van der Waals surface area contributed by atoms with Gasteiger partial charge in [-0.05, 0) is 36.8 Å². The van der Waals surface area contributed by atoms with Crippen molar-refractivity contribution in [2.24, 2.45) is 0 Å². The Balaban J connectivity index is 2.51. The first-order valence-electron chi connectivity index (χ1n) is 5.74. The van der Waals surface area contributed by atoms with Crippen LogP contribution in [0.1, 0.15) is 5.56 Å². The predicted octanol–water partition coefficient (Wildman–Crippen LogP) is 2.80. The van der Waals surface area contributed by atoms with Gasteiger partial charge in [-0.15, -0.1) is 0 Å². The molecule has 0 saturated heterocycles. The molecule has 2 rings (SSSR count). The largest absolute Gasteiger partial charge is 0.399 e. The maximum atomic E-state index is 13.7. The van der Waals surface area contributed by atoms with E-state index in [1.54, 1.807) is 0 Å². The Morgan fingerprint density at radius 3 is 2.19 bits per heavy atom. The van der Waals surface area contributed by atoms with Crippen molar-refractivity contribution in [2.45, 2.75) is 11.8 Å². The van der Waals surface area contributed by atoms with E-state index in [9.17, 15) is 21.6 Å². The minimum Gasteiger partial charge on any atom is -0.399 e. The number of aryl methyl sites for hydroxylation is 1. The fourth-order valence-electron chi connectivity index (χ4n) is 1.74. The van der Waals surface area contributed by atoms with Crippen LogP contribution < -0.4 is 10.5 Å². The maximum Gasteiger partial charge on any atom is 0.267 e. The van der Waals surface area contributed by atoms with Gasteiger partial charge in [0.1, 0.15) is 17.5 Å². The van der Waals surface area contributed by atoms with E-state index in [1.165, 1.54) is 13.0 Å². The van der Waals surface area contributed by atoms with Gasteiger partial charge in [-0.3, -0.25) is 4.72 Å². The smallest absolute Gasteiger partial charge is 0.267 e. The average molecular weight is 316 g/mol. The Morgan fingerprint density at radius 1 is 1.05 bits per heavy atom. The van der Waals surface area contributed by atoms with Gasteiger partial charge in [0.2, 0.25) is 0 Å². The van der Waals surface area contributed by atoms with Gasteiger partial charge < -0.3 is 5.73 Å². The lowest BCUT2D eigenvalue weighted by Gasteiger charge is -2.12. The first-order valence-corrected chi connectivity index (χ1v) is 7.22. The fourth-order valence-corrected chi connectivity index (χ4v) is 2.98. The Morgan fingerprint density at radius 2 is 1.62 bits per heavy atom. The summed E-state index contributed by atoms with van der Waals surface area (Å²) in [6.07, 6.45) is 0. The Bertz CT molecular complexity index is 784. The van der Waals surface area contributed by atoms with Crippen LogP contribution in [0.15, 0.2) is 35.2 Å². The van der Waals surface area contributed by atoms with Crippen molar-refractivity contribution in [1.29, 1.82) is 0 Å². The summed E-state index contributed by atoms with van der Waals surface area (Å²) in [6, 6.07) is 4.77. The van der Waals surface area contributed by atoms with E-state index in [4.69, 9.17) is 5.73 Å². The highest BCUT2D eigenvalue weighted by Gasteiger charge is 2.25. The molecule has 2 aromatic carbocycles. The maximum absolute atomic E-state index is 13.7. The highest BCUT2D eigenvalue weighted by molar-refractivity contribution is 7.92. The summed E-state index contributed by atoms with van der Waals surface area (Å²) in [7, 11) is -4.55. The number of nitrogens with two attached hydrogens (primary N) is 1. The third-order valence-corrected chi connectivity index (χ3v) is 4.15. The molecule has 0 bridgehead atoms. The van der Waals surface area contributed by atoms with Crippen LogP contribution in [0.5, 0.6) is 0 Å². The number of hydrogen-bond donors (Lipinski definition) is 2. The quantitative estimate of drug-likeness (QED) is 0.855. The zero-order chi connectivity index (χ0) is 15.8. The van der Waals surface area contributed by atoms with Crippen molar-refractivity contribution < 1.29 is 21.6 Å². The van der Waals surface area contributed by atoms with Crippen molar-refractivity contribution in [3.63, 3.8) is 0 Å². The molecule has 0 radical (unpaired) electrons. The number of halogens is 3. The third-order valence-electron chi connectivity index (χ3n) is 2.73. The molecule has 0 aliphatic carbocycles. The minimum absolute atomic E-state index is 0.106. The molecule has 0 atom stereocenters. The molecule has 0 heterocycles. The lowest BCUT2D eigenvalue weighted by atomic mass is 10.2. The lowest BCUT2D eigenvalue weighted by Crippen LogP contribution is -2.17. The van der Waals surface area contributed by atoms with E-state index in [2.05, 4.69) is 0 Å². The van der Waals surface area contributed by atoms with Crippen molar-refractivity contribution in [2.75, 3.05) is 10.5 Å². The monoisotopic (exact) mass is 316 g/mol. The summed E-state index contributed by atoms with van der Waals surface area (Å²) in [5, 5.41) is 0. The van der Waals surface area contributed by atoms with Crippen LogP contribution in [0.4, 0.5) is 24.5 Å². The number of anilines is 2. The van der Waals surface area contributed by atoms with Crippen molar-refractivity contribution in [3.8, 4) is 0 Å². The first-order chi connectivity index (χ1) is 9.70. The summed E-state index contributed by atoms with van der Waals surface area (Å²) in [5.74, 6) is -3.33. The fraction of sp³-hybridized carbons (Fsp3) is 0.0769. The van der Waals surface area contributed by atoms with E-state index in [1.807, 2.05) is 4.72 Å². The highest BCUT2D eigenvalue weighted by Crippen LogP contribution is 2.25. The van der Waals surface area contributed by atoms with Crippen LogP contribution in [0.3, 0.4) is 0 Å². The second-order valence-electron chi connectivity index (χ2n) is 4.38. The topological polar surface area (TPSA) is 72.2 Å². The standard InChI is InChI=1S/C13H11F3N2O2S/c1-7-2-3-8(14)4-12(7)18-21(19,20)13-10(15)5-9(17)6-11(13)16/h2-6,18H,17H2,1H3. The van der Waals surface area contributed by atoms with Gasteiger partial charge >= 0.3 is 0 Å². The molecular weight excluding hydrogens is 305 g/mol. The molecule has 8 heteroatoms. The van der Waals surface area contributed by atoms with E-state index >= 15 is 0 Å². The molecule has 2 aromatic rings. The molecule has 3 N–H and O–H groups in total. The molecule has 112 valence electrons. The van der Waals surface area contributed by atoms with Crippen LogP contribution in [-0.2, 0) is 10.0 Å². The molecule has 0 aromatic heterocycles. The van der Waals surface area contributed by atoms with Gasteiger partial charge in [0.25, 0.3) is 10.0 Å². The molecule has 0 unspecified atom stereocenters. The van der Waals surface area contributed by atoms with Gasteiger partial charge in [-0.25, -0.2) is 21.6 Å². The lowest BCUT2D eigenvalue weighted by molar-refractivity contribution is 0.522. The molecule has 0 saturated carbocycles. The van der Waals surface area contributed by atoms with Gasteiger partial charge in [0, 0.05) is 5.69 Å². The summed E-state index contributed by atoms with van der Waals surface area (Å²) in [4.78, 5) is -1.17. The van der Waals surface area contributed by atoms with Crippen molar-refractivity contribution >= 4 is 21.4 Å². The molecule has 0 amide bonds. The summed E-state index contributed by atoms with van der Waals surface area (Å²) in [5.41, 5.74) is 5.27.